The van der Waals surface area contributed by atoms with E-state index in [2.05, 4.69) is 0 Å². The second-order valence-corrected chi connectivity index (χ2v) is 7.62. The molecular formula is C21H26Cl2N2O3. The highest BCUT2D eigenvalue weighted by molar-refractivity contribution is 6.42. The van der Waals surface area contributed by atoms with E-state index < -0.39 is 0 Å². The Morgan fingerprint density at radius 1 is 0.964 bits per heavy atom. The monoisotopic (exact) mass is 424 g/mol. The summed E-state index contributed by atoms with van der Waals surface area (Å²) < 4.78 is 10.7. The van der Waals surface area contributed by atoms with Crippen molar-refractivity contribution in [2.75, 3.05) is 34.9 Å². The molecule has 0 aliphatic rings. The largest absolute Gasteiger partial charge is 0.493 e. The van der Waals surface area contributed by atoms with Crippen LogP contribution in [0, 0.1) is 6.92 Å². The Morgan fingerprint density at radius 3 is 2.21 bits per heavy atom. The van der Waals surface area contributed by atoms with Crippen LogP contribution >= 0.6 is 23.2 Å². The predicted octanol–water partition coefficient (Wildman–Crippen LogP) is 4.41. The smallest absolute Gasteiger partial charge is 0.236 e. The standard InChI is InChI=1S/C21H26Cl2N2O3/c1-14-8-19(27-4)20(28-5)10-16(14)12-25(3)21(26)13-24(2)11-15-6-7-17(22)18(23)9-15/h6-10H,11-13H2,1-5H3. The van der Waals surface area contributed by atoms with Crippen LogP contribution in [0.2, 0.25) is 10.0 Å². The first-order chi connectivity index (χ1) is 13.2. The summed E-state index contributed by atoms with van der Waals surface area (Å²) in [5.74, 6) is 1.36. The maximum atomic E-state index is 12.6. The number of methoxy groups -OCH3 is 2. The van der Waals surface area contributed by atoms with Crippen molar-refractivity contribution in [1.29, 1.82) is 0 Å². The van der Waals surface area contributed by atoms with Crippen LogP contribution in [0.1, 0.15) is 16.7 Å². The molecule has 0 bridgehead atoms. The molecule has 0 aliphatic carbocycles. The van der Waals surface area contributed by atoms with Gasteiger partial charge in [0.2, 0.25) is 5.91 Å². The van der Waals surface area contributed by atoms with Crippen molar-refractivity contribution in [3.63, 3.8) is 0 Å². The van der Waals surface area contributed by atoms with Gasteiger partial charge in [-0.25, -0.2) is 0 Å². The maximum Gasteiger partial charge on any atom is 0.236 e. The number of aryl methyl sites for hydroxylation is 1. The number of hydrogen-bond acceptors (Lipinski definition) is 4. The summed E-state index contributed by atoms with van der Waals surface area (Å²) >= 11 is 12.0. The molecule has 28 heavy (non-hydrogen) atoms. The molecule has 0 aliphatic heterocycles. The van der Waals surface area contributed by atoms with Crippen LogP contribution in [-0.4, -0.2) is 50.6 Å². The second kappa shape index (κ2) is 10.0. The SMILES string of the molecule is COc1cc(C)c(CN(C)C(=O)CN(C)Cc2ccc(Cl)c(Cl)c2)cc1OC. The Bertz CT molecular complexity index is 843. The Balaban J connectivity index is 1.99. The average molecular weight is 425 g/mol. The molecule has 0 spiro atoms. The molecule has 0 radical (unpaired) electrons. The van der Waals surface area contributed by atoms with Crippen LogP contribution in [0.4, 0.5) is 0 Å². The summed E-state index contributed by atoms with van der Waals surface area (Å²) in [6, 6.07) is 9.33. The fraction of sp³-hybridized carbons (Fsp3) is 0.381. The Hall–Kier alpha value is -1.95. The van der Waals surface area contributed by atoms with Crippen LogP contribution in [0.3, 0.4) is 0 Å². The minimum atomic E-state index is 0.0248. The van der Waals surface area contributed by atoms with Gasteiger partial charge in [0.15, 0.2) is 11.5 Å². The third-order valence-corrected chi connectivity index (χ3v) is 5.26. The van der Waals surface area contributed by atoms with Crippen molar-refractivity contribution in [1.82, 2.24) is 9.80 Å². The van der Waals surface area contributed by atoms with Gasteiger partial charge in [-0.1, -0.05) is 29.3 Å². The normalized spacial score (nSPS) is 10.9. The molecule has 0 saturated carbocycles. The van der Waals surface area contributed by atoms with Crippen LogP contribution < -0.4 is 9.47 Å². The van der Waals surface area contributed by atoms with E-state index in [1.54, 1.807) is 32.2 Å². The number of benzene rings is 2. The van der Waals surface area contributed by atoms with E-state index >= 15 is 0 Å². The van der Waals surface area contributed by atoms with Crippen LogP contribution in [0.25, 0.3) is 0 Å². The molecule has 0 atom stereocenters. The minimum Gasteiger partial charge on any atom is -0.493 e. The van der Waals surface area contributed by atoms with Crippen LogP contribution in [-0.2, 0) is 17.9 Å². The van der Waals surface area contributed by atoms with Gasteiger partial charge in [0.1, 0.15) is 0 Å². The minimum absolute atomic E-state index is 0.0248. The summed E-state index contributed by atoms with van der Waals surface area (Å²) in [4.78, 5) is 16.3. The van der Waals surface area contributed by atoms with Crippen molar-refractivity contribution in [3.05, 3.63) is 57.1 Å². The molecule has 2 aromatic carbocycles. The van der Waals surface area contributed by atoms with Gasteiger partial charge in [-0.3, -0.25) is 9.69 Å². The summed E-state index contributed by atoms with van der Waals surface area (Å²) in [5, 5.41) is 1.04. The maximum absolute atomic E-state index is 12.6. The zero-order valence-electron chi connectivity index (χ0n) is 16.9. The lowest BCUT2D eigenvalue weighted by Gasteiger charge is -2.23. The number of hydrogen-bond donors (Lipinski definition) is 0. The van der Waals surface area contributed by atoms with Gasteiger partial charge in [-0.15, -0.1) is 0 Å². The highest BCUT2D eigenvalue weighted by atomic mass is 35.5. The molecule has 2 rings (SSSR count). The molecule has 5 nitrogen and oxygen atoms in total. The molecule has 0 saturated heterocycles. The summed E-state index contributed by atoms with van der Waals surface area (Å²) in [5.41, 5.74) is 3.06. The lowest BCUT2D eigenvalue weighted by molar-refractivity contribution is -0.131. The second-order valence-electron chi connectivity index (χ2n) is 6.80. The number of halogens is 2. The first-order valence-corrected chi connectivity index (χ1v) is 9.58. The molecule has 0 unspecified atom stereocenters. The van der Waals surface area contributed by atoms with Crippen molar-refractivity contribution in [3.8, 4) is 11.5 Å². The molecule has 152 valence electrons. The van der Waals surface area contributed by atoms with E-state index in [1.807, 2.05) is 43.1 Å². The molecule has 0 heterocycles. The molecule has 7 heteroatoms. The van der Waals surface area contributed by atoms with Gasteiger partial charge < -0.3 is 14.4 Å². The van der Waals surface area contributed by atoms with Crippen molar-refractivity contribution in [2.45, 2.75) is 20.0 Å². The van der Waals surface area contributed by atoms with E-state index in [4.69, 9.17) is 32.7 Å². The van der Waals surface area contributed by atoms with E-state index in [0.717, 1.165) is 16.7 Å². The number of rotatable bonds is 8. The highest BCUT2D eigenvalue weighted by Crippen LogP contribution is 2.30. The van der Waals surface area contributed by atoms with Gasteiger partial charge in [0.05, 0.1) is 30.8 Å². The van der Waals surface area contributed by atoms with Crippen LogP contribution in [0.5, 0.6) is 11.5 Å². The molecule has 1 amide bonds. The number of ether oxygens (including phenoxy) is 2. The number of carbonyl (C=O) groups excluding carboxylic acids is 1. The summed E-state index contributed by atoms with van der Waals surface area (Å²) in [6.45, 7) is 3.38. The zero-order chi connectivity index (χ0) is 20.8. The van der Waals surface area contributed by atoms with Crippen LogP contribution in [0.15, 0.2) is 30.3 Å². The van der Waals surface area contributed by atoms with E-state index in [1.165, 1.54) is 0 Å². The van der Waals surface area contributed by atoms with E-state index in [-0.39, 0.29) is 5.91 Å². The van der Waals surface area contributed by atoms with Gasteiger partial charge in [-0.2, -0.15) is 0 Å². The Kier molecular flexibility index (Phi) is 7.98. The molecule has 0 aromatic heterocycles. The average Bonchev–Trinajstić information content (AvgIpc) is 2.65. The predicted molar refractivity (Wildman–Crippen MR) is 114 cm³/mol. The van der Waals surface area contributed by atoms with E-state index in [0.29, 0.717) is 41.2 Å². The fourth-order valence-electron chi connectivity index (χ4n) is 2.89. The topological polar surface area (TPSA) is 42.0 Å². The third kappa shape index (κ3) is 5.77. The molecule has 0 fully saturated rings. The number of amides is 1. The van der Waals surface area contributed by atoms with Crippen molar-refractivity contribution in [2.24, 2.45) is 0 Å². The fourth-order valence-corrected chi connectivity index (χ4v) is 3.21. The number of likely N-dealkylation sites (N-methyl/N-ethyl adjacent to an activating group) is 2. The zero-order valence-corrected chi connectivity index (χ0v) is 18.4. The quantitative estimate of drug-likeness (QED) is 0.629. The molecular weight excluding hydrogens is 399 g/mol. The first-order valence-electron chi connectivity index (χ1n) is 8.83. The lowest BCUT2D eigenvalue weighted by Crippen LogP contribution is -2.36. The highest BCUT2D eigenvalue weighted by Gasteiger charge is 2.16. The Labute approximate surface area is 176 Å². The van der Waals surface area contributed by atoms with Gasteiger partial charge in [-0.05, 0) is 54.9 Å². The summed E-state index contributed by atoms with van der Waals surface area (Å²) in [6.07, 6.45) is 0. The number of carbonyl (C=O) groups is 1. The number of nitrogens with zero attached hydrogens (tertiary/aromatic N) is 2. The van der Waals surface area contributed by atoms with Crippen molar-refractivity contribution < 1.29 is 14.3 Å². The third-order valence-electron chi connectivity index (χ3n) is 4.52. The first kappa shape index (κ1) is 22.3. The van der Waals surface area contributed by atoms with Crippen molar-refractivity contribution >= 4 is 29.1 Å². The van der Waals surface area contributed by atoms with Gasteiger partial charge in [0.25, 0.3) is 0 Å². The molecule has 2 aromatic rings. The van der Waals surface area contributed by atoms with E-state index in [9.17, 15) is 4.79 Å². The summed E-state index contributed by atoms with van der Waals surface area (Å²) in [7, 11) is 6.90. The molecule has 0 N–H and O–H groups in total. The lowest BCUT2D eigenvalue weighted by atomic mass is 10.1. The van der Waals surface area contributed by atoms with Gasteiger partial charge >= 0.3 is 0 Å². The Morgan fingerprint density at radius 2 is 1.61 bits per heavy atom. The van der Waals surface area contributed by atoms with Gasteiger partial charge in [0, 0.05) is 20.1 Å².